The second-order valence-corrected chi connectivity index (χ2v) is 10.4. The highest BCUT2D eigenvalue weighted by atomic mass is 32.2. The fraction of sp³-hybridized carbons (Fsp3) is 0.500. The molecular weight excluding hydrogens is 450 g/mol. The van der Waals surface area contributed by atoms with E-state index in [4.69, 9.17) is 0 Å². The Kier molecular flexibility index (Phi) is 10.4. The number of hydrogen-bond acceptors (Lipinski definition) is 8. The Hall–Kier alpha value is -2.37. The summed E-state index contributed by atoms with van der Waals surface area (Å²) in [6.07, 6.45) is 1.78. The lowest BCUT2D eigenvalue weighted by atomic mass is 10.3. The van der Waals surface area contributed by atoms with Gasteiger partial charge in [-0.3, -0.25) is 0 Å². The Balaban J connectivity index is 1.65. The third-order valence-electron chi connectivity index (χ3n) is 5.61. The van der Waals surface area contributed by atoms with Gasteiger partial charge in [-0.15, -0.1) is 0 Å². The molecule has 1 saturated heterocycles. The van der Waals surface area contributed by atoms with Crippen LogP contribution in [-0.2, 0) is 10.0 Å². The van der Waals surface area contributed by atoms with Gasteiger partial charge >= 0.3 is 0 Å². The number of hydrogen-bond donors (Lipinski definition) is 3. The Bertz CT molecular complexity index is 979. The lowest BCUT2D eigenvalue weighted by Gasteiger charge is -2.23. The highest BCUT2D eigenvalue weighted by molar-refractivity contribution is 7.89. The molecule has 0 aliphatic carbocycles. The minimum atomic E-state index is -3.59. The van der Waals surface area contributed by atoms with Crippen LogP contribution in [0.1, 0.15) is 12.8 Å². The summed E-state index contributed by atoms with van der Waals surface area (Å²) in [6, 6.07) is 14.4. The Morgan fingerprint density at radius 2 is 1.24 bits per heavy atom. The maximum absolute atomic E-state index is 13.3. The molecule has 0 amide bonds. The monoisotopic (exact) mass is 487 g/mol. The molecule has 0 aromatic heterocycles. The zero-order chi connectivity index (χ0) is 24.2. The number of anilines is 1. The number of benzene rings is 2. The summed E-state index contributed by atoms with van der Waals surface area (Å²) in [5, 5.41) is 18.6. The zero-order valence-corrected chi connectivity index (χ0v) is 21.0. The first-order valence-electron chi connectivity index (χ1n) is 11.9. The summed E-state index contributed by atoms with van der Waals surface area (Å²) in [6.45, 7) is 5.98. The minimum Gasteiger partial charge on any atom is -0.378 e. The van der Waals surface area contributed by atoms with Gasteiger partial charge in [-0.1, -0.05) is 0 Å². The van der Waals surface area contributed by atoms with Crippen LogP contribution in [0.3, 0.4) is 0 Å². The summed E-state index contributed by atoms with van der Waals surface area (Å²) in [7, 11) is 0.382. The van der Waals surface area contributed by atoms with Gasteiger partial charge in [0.05, 0.1) is 16.3 Å². The van der Waals surface area contributed by atoms with Crippen LogP contribution in [0.2, 0.25) is 0 Å². The quantitative estimate of drug-likeness (QED) is 0.561. The molecule has 186 valence electrons. The zero-order valence-electron chi connectivity index (χ0n) is 20.2. The van der Waals surface area contributed by atoms with E-state index in [0.717, 1.165) is 56.9 Å². The van der Waals surface area contributed by atoms with Crippen molar-refractivity contribution in [2.24, 2.45) is 10.2 Å². The molecule has 3 N–H and O–H groups in total. The average molecular weight is 488 g/mol. The second kappa shape index (κ2) is 13.5. The summed E-state index contributed by atoms with van der Waals surface area (Å²) >= 11 is 0. The van der Waals surface area contributed by atoms with Crippen molar-refractivity contribution in [1.82, 2.24) is 20.3 Å². The molecule has 0 atom stereocenters. The standard InChI is InChI=1S/C24H37N7O2S/c1-30(2)23-9-5-21(6-10-23)28-29-22-7-11-24(12-8-22)34(32,33)31-19-4-15-26-17-16-25-13-3-14-27-18-20-31/h5-12,25-27H,3-4,13-20H2,1-2H3/b29-28+. The van der Waals surface area contributed by atoms with E-state index in [2.05, 4.69) is 26.2 Å². The van der Waals surface area contributed by atoms with Crippen molar-refractivity contribution < 1.29 is 8.42 Å². The molecule has 0 unspecified atom stereocenters. The van der Waals surface area contributed by atoms with E-state index in [1.54, 1.807) is 28.6 Å². The van der Waals surface area contributed by atoms with Gasteiger partial charge in [0.1, 0.15) is 0 Å². The van der Waals surface area contributed by atoms with Gasteiger partial charge in [0.25, 0.3) is 0 Å². The largest absolute Gasteiger partial charge is 0.378 e. The molecule has 9 nitrogen and oxygen atoms in total. The molecule has 34 heavy (non-hydrogen) atoms. The second-order valence-electron chi connectivity index (χ2n) is 8.47. The number of nitrogens with one attached hydrogen (secondary N) is 3. The highest BCUT2D eigenvalue weighted by Gasteiger charge is 2.23. The summed E-state index contributed by atoms with van der Waals surface area (Å²) in [4.78, 5) is 2.30. The molecule has 1 fully saturated rings. The SMILES string of the molecule is CN(C)c1ccc(/N=N/c2ccc(S(=O)(=O)N3CCCNCCNCCCNCC3)cc2)cc1. The van der Waals surface area contributed by atoms with Crippen molar-refractivity contribution in [3.63, 3.8) is 0 Å². The van der Waals surface area contributed by atoms with Crippen molar-refractivity contribution in [3.05, 3.63) is 48.5 Å². The molecular formula is C24H37N7O2S. The van der Waals surface area contributed by atoms with Crippen LogP contribution in [0.15, 0.2) is 63.7 Å². The van der Waals surface area contributed by atoms with Crippen molar-refractivity contribution in [3.8, 4) is 0 Å². The average Bonchev–Trinajstić information content (AvgIpc) is 2.84. The van der Waals surface area contributed by atoms with Crippen molar-refractivity contribution in [1.29, 1.82) is 0 Å². The van der Waals surface area contributed by atoms with Crippen LogP contribution in [0.5, 0.6) is 0 Å². The molecule has 10 heteroatoms. The summed E-state index contributed by atoms with van der Waals surface area (Å²) in [5.74, 6) is 0. The topological polar surface area (TPSA) is 101 Å². The molecule has 1 heterocycles. The van der Waals surface area contributed by atoms with E-state index in [9.17, 15) is 8.42 Å². The summed E-state index contributed by atoms with van der Waals surface area (Å²) in [5.41, 5.74) is 2.44. The van der Waals surface area contributed by atoms with Crippen LogP contribution in [0.4, 0.5) is 17.1 Å². The Morgan fingerprint density at radius 3 is 1.82 bits per heavy atom. The first kappa shape index (κ1) is 26.2. The first-order chi connectivity index (χ1) is 16.5. The lowest BCUT2D eigenvalue weighted by molar-refractivity contribution is 0.391. The van der Waals surface area contributed by atoms with Crippen LogP contribution in [-0.4, -0.2) is 79.2 Å². The third kappa shape index (κ3) is 8.14. The fourth-order valence-electron chi connectivity index (χ4n) is 3.59. The Labute approximate surface area is 203 Å². The molecule has 0 bridgehead atoms. The number of rotatable bonds is 5. The molecule has 0 spiro atoms. The molecule has 3 rings (SSSR count). The van der Waals surface area contributed by atoms with E-state index in [-0.39, 0.29) is 4.90 Å². The van der Waals surface area contributed by atoms with Gasteiger partial charge in [0, 0.05) is 52.5 Å². The smallest absolute Gasteiger partial charge is 0.243 e. The predicted octanol–water partition coefficient (Wildman–Crippen LogP) is 2.72. The number of sulfonamides is 1. The van der Waals surface area contributed by atoms with Crippen LogP contribution in [0.25, 0.3) is 0 Å². The first-order valence-corrected chi connectivity index (χ1v) is 13.3. The van der Waals surface area contributed by atoms with E-state index >= 15 is 0 Å². The fourth-order valence-corrected chi connectivity index (χ4v) is 5.07. The van der Waals surface area contributed by atoms with Crippen LogP contribution >= 0.6 is 0 Å². The molecule has 2 aromatic rings. The van der Waals surface area contributed by atoms with E-state index in [1.807, 2.05) is 43.3 Å². The minimum absolute atomic E-state index is 0.278. The van der Waals surface area contributed by atoms with Crippen molar-refractivity contribution in [2.75, 3.05) is 71.4 Å². The van der Waals surface area contributed by atoms with Gasteiger partial charge in [-0.25, -0.2) is 8.42 Å². The van der Waals surface area contributed by atoms with Crippen LogP contribution in [0, 0.1) is 0 Å². The van der Waals surface area contributed by atoms with Gasteiger partial charge in [-0.2, -0.15) is 14.5 Å². The molecule has 0 radical (unpaired) electrons. The van der Waals surface area contributed by atoms with E-state index in [0.29, 0.717) is 25.3 Å². The number of azo groups is 1. The van der Waals surface area contributed by atoms with E-state index < -0.39 is 10.0 Å². The van der Waals surface area contributed by atoms with E-state index in [1.165, 1.54) is 0 Å². The Morgan fingerprint density at radius 1 is 0.706 bits per heavy atom. The third-order valence-corrected chi connectivity index (χ3v) is 7.52. The molecule has 0 saturated carbocycles. The maximum atomic E-state index is 13.3. The summed E-state index contributed by atoms with van der Waals surface area (Å²) < 4.78 is 28.2. The van der Waals surface area contributed by atoms with Crippen LogP contribution < -0.4 is 20.9 Å². The maximum Gasteiger partial charge on any atom is 0.243 e. The van der Waals surface area contributed by atoms with Gasteiger partial charge in [0.2, 0.25) is 10.0 Å². The molecule has 2 aromatic carbocycles. The number of nitrogens with zero attached hydrogens (tertiary/aromatic N) is 4. The van der Waals surface area contributed by atoms with Gasteiger partial charge in [-0.05, 0) is 81.0 Å². The van der Waals surface area contributed by atoms with Gasteiger partial charge in [0.15, 0.2) is 0 Å². The highest BCUT2D eigenvalue weighted by Crippen LogP contribution is 2.23. The lowest BCUT2D eigenvalue weighted by Crippen LogP contribution is -2.39. The van der Waals surface area contributed by atoms with Gasteiger partial charge < -0.3 is 20.9 Å². The molecule has 1 aliphatic rings. The van der Waals surface area contributed by atoms with Crippen molar-refractivity contribution >= 4 is 27.1 Å². The van der Waals surface area contributed by atoms with Crippen molar-refractivity contribution in [2.45, 2.75) is 17.7 Å². The predicted molar refractivity (Wildman–Crippen MR) is 138 cm³/mol. The normalized spacial score (nSPS) is 17.9. The molecule has 1 aliphatic heterocycles.